The summed E-state index contributed by atoms with van der Waals surface area (Å²) in [5.41, 5.74) is 1.07. The van der Waals surface area contributed by atoms with Crippen LogP contribution in [0.2, 0.25) is 0 Å². The van der Waals surface area contributed by atoms with E-state index < -0.39 is 0 Å². The Morgan fingerprint density at radius 2 is 2.05 bits per heavy atom. The van der Waals surface area contributed by atoms with E-state index in [1.54, 1.807) is 18.5 Å². The lowest BCUT2D eigenvalue weighted by Gasteiger charge is -2.19. The van der Waals surface area contributed by atoms with Crippen LogP contribution in [0.25, 0.3) is 0 Å². The first-order chi connectivity index (χ1) is 9.72. The van der Waals surface area contributed by atoms with Gasteiger partial charge in [-0.25, -0.2) is 19.9 Å². The van der Waals surface area contributed by atoms with E-state index in [-0.39, 0.29) is 0 Å². The smallest absolute Gasteiger partial charge is 0.228 e. The summed E-state index contributed by atoms with van der Waals surface area (Å²) in [6, 6.07) is 4.17. The van der Waals surface area contributed by atoms with Gasteiger partial charge < -0.3 is 5.32 Å². The van der Waals surface area contributed by atoms with Gasteiger partial charge in [0.05, 0.1) is 11.7 Å². The fourth-order valence-corrected chi connectivity index (χ4v) is 2.59. The van der Waals surface area contributed by atoms with Crippen LogP contribution in [-0.4, -0.2) is 38.4 Å². The van der Waals surface area contributed by atoms with Crippen molar-refractivity contribution in [2.75, 3.05) is 18.9 Å². The van der Waals surface area contributed by atoms with Gasteiger partial charge in [-0.1, -0.05) is 0 Å². The normalized spacial score (nSPS) is 19.2. The zero-order chi connectivity index (χ0) is 13.9. The summed E-state index contributed by atoms with van der Waals surface area (Å²) in [5, 5.41) is 3.13. The Bertz CT molecular complexity index is 585. The van der Waals surface area contributed by atoms with Crippen LogP contribution in [0.3, 0.4) is 0 Å². The van der Waals surface area contributed by atoms with Crippen molar-refractivity contribution >= 4 is 11.8 Å². The first kappa shape index (κ1) is 12.9. The summed E-state index contributed by atoms with van der Waals surface area (Å²) >= 11 is 0. The van der Waals surface area contributed by atoms with Crippen LogP contribution in [0.15, 0.2) is 24.5 Å². The number of aromatic nitrogens is 4. The van der Waals surface area contributed by atoms with Gasteiger partial charge in [0.2, 0.25) is 5.95 Å². The largest absolute Gasteiger partial charge is 0.309 e. The molecule has 1 saturated heterocycles. The standard InChI is InChI=1S/C14H18N6/c1-10-17-11(12-5-3-8-20(12)2)9-13(18-10)19-14-15-6-4-7-16-14/h4,6-7,9,12H,3,5,8H2,1-2H3,(H,15,16,17,18,19)/t12-/m0/s1. The molecule has 3 rings (SSSR count). The van der Waals surface area contributed by atoms with Crippen LogP contribution < -0.4 is 5.32 Å². The van der Waals surface area contributed by atoms with Gasteiger partial charge in [0.1, 0.15) is 11.6 Å². The highest BCUT2D eigenvalue weighted by atomic mass is 15.2. The molecule has 1 N–H and O–H groups in total. The average molecular weight is 270 g/mol. The van der Waals surface area contributed by atoms with E-state index in [4.69, 9.17) is 0 Å². The summed E-state index contributed by atoms with van der Waals surface area (Å²) in [5.74, 6) is 2.07. The molecule has 3 heterocycles. The van der Waals surface area contributed by atoms with Crippen molar-refractivity contribution in [3.8, 4) is 0 Å². The number of nitrogens with zero attached hydrogens (tertiary/aromatic N) is 5. The van der Waals surface area contributed by atoms with Crippen LogP contribution in [-0.2, 0) is 0 Å². The Morgan fingerprint density at radius 3 is 2.75 bits per heavy atom. The number of likely N-dealkylation sites (tertiary alicyclic amines) is 1. The van der Waals surface area contributed by atoms with E-state index in [1.807, 2.05) is 13.0 Å². The molecule has 2 aromatic rings. The predicted octanol–water partition coefficient (Wildman–Crippen LogP) is 2.09. The zero-order valence-electron chi connectivity index (χ0n) is 11.7. The summed E-state index contributed by atoms with van der Waals surface area (Å²) in [6.07, 6.45) is 5.77. The number of anilines is 2. The third kappa shape index (κ3) is 2.75. The van der Waals surface area contributed by atoms with E-state index in [9.17, 15) is 0 Å². The lowest BCUT2D eigenvalue weighted by Crippen LogP contribution is -2.19. The average Bonchev–Trinajstić information content (AvgIpc) is 2.85. The third-order valence-corrected chi connectivity index (χ3v) is 3.53. The molecule has 0 spiro atoms. The van der Waals surface area contributed by atoms with Gasteiger partial charge in [-0.2, -0.15) is 0 Å². The molecular weight excluding hydrogens is 252 g/mol. The van der Waals surface area contributed by atoms with Crippen molar-refractivity contribution in [1.82, 2.24) is 24.8 Å². The molecule has 0 unspecified atom stereocenters. The maximum Gasteiger partial charge on any atom is 0.228 e. The van der Waals surface area contributed by atoms with Crippen LogP contribution in [0.4, 0.5) is 11.8 Å². The molecule has 6 nitrogen and oxygen atoms in total. The lowest BCUT2D eigenvalue weighted by molar-refractivity contribution is 0.311. The van der Waals surface area contributed by atoms with Crippen molar-refractivity contribution < 1.29 is 0 Å². The Morgan fingerprint density at radius 1 is 1.25 bits per heavy atom. The van der Waals surface area contributed by atoms with Crippen LogP contribution in [0.1, 0.15) is 30.4 Å². The van der Waals surface area contributed by atoms with Gasteiger partial charge in [0, 0.05) is 18.5 Å². The molecule has 6 heteroatoms. The van der Waals surface area contributed by atoms with E-state index >= 15 is 0 Å². The third-order valence-electron chi connectivity index (χ3n) is 3.53. The van der Waals surface area contributed by atoms with E-state index in [1.165, 1.54) is 6.42 Å². The van der Waals surface area contributed by atoms with Crippen LogP contribution in [0, 0.1) is 6.92 Å². The Labute approximate surface area is 118 Å². The highest BCUT2D eigenvalue weighted by Gasteiger charge is 2.24. The van der Waals surface area contributed by atoms with Crippen LogP contribution >= 0.6 is 0 Å². The second-order valence-electron chi connectivity index (χ2n) is 5.06. The second kappa shape index (κ2) is 5.50. The topological polar surface area (TPSA) is 66.8 Å². The molecule has 1 fully saturated rings. The van der Waals surface area contributed by atoms with Gasteiger partial charge in [-0.3, -0.25) is 4.90 Å². The van der Waals surface area contributed by atoms with Crippen molar-refractivity contribution in [2.24, 2.45) is 0 Å². The van der Waals surface area contributed by atoms with Crippen molar-refractivity contribution in [2.45, 2.75) is 25.8 Å². The van der Waals surface area contributed by atoms with Gasteiger partial charge >= 0.3 is 0 Å². The quantitative estimate of drug-likeness (QED) is 0.921. The fourth-order valence-electron chi connectivity index (χ4n) is 2.59. The first-order valence-electron chi connectivity index (χ1n) is 6.82. The van der Waals surface area contributed by atoms with Gasteiger partial charge in [-0.15, -0.1) is 0 Å². The maximum absolute atomic E-state index is 4.57. The minimum absolute atomic E-state index is 0.383. The molecule has 1 atom stereocenters. The molecule has 0 aromatic carbocycles. The van der Waals surface area contributed by atoms with Crippen LogP contribution in [0.5, 0.6) is 0 Å². The second-order valence-corrected chi connectivity index (χ2v) is 5.06. The molecule has 104 valence electrons. The maximum atomic E-state index is 4.57. The van der Waals surface area contributed by atoms with E-state index in [0.717, 1.165) is 30.3 Å². The SMILES string of the molecule is Cc1nc(Nc2ncccn2)cc([C@@H]2CCCN2C)n1. The van der Waals surface area contributed by atoms with Crippen molar-refractivity contribution in [3.63, 3.8) is 0 Å². The fraction of sp³-hybridized carbons (Fsp3) is 0.429. The Balaban J connectivity index is 1.87. The molecule has 1 aliphatic rings. The Kier molecular flexibility index (Phi) is 3.56. The minimum Gasteiger partial charge on any atom is -0.309 e. The van der Waals surface area contributed by atoms with Crippen molar-refractivity contribution in [1.29, 1.82) is 0 Å². The minimum atomic E-state index is 0.383. The molecule has 0 amide bonds. The van der Waals surface area contributed by atoms with Gasteiger partial charge in [0.25, 0.3) is 0 Å². The summed E-state index contributed by atoms with van der Waals surface area (Å²) in [6.45, 7) is 3.04. The van der Waals surface area contributed by atoms with Gasteiger partial charge in [0.15, 0.2) is 0 Å². The van der Waals surface area contributed by atoms with Gasteiger partial charge in [-0.05, 0) is 39.4 Å². The molecular formula is C14H18N6. The van der Waals surface area contributed by atoms with Crippen molar-refractivity contribution in [3.05, 3.63) is 36.0 Å². The number of aryl methyl sites for hydroxylation is 1. The molecule has 1 aliphatic heterocycles. The van der Waals surface area contributed by atoms with E-state index in [2.05, 4.69) is 37.2 Å². The highest BCUT2D eigenvalue weighted by Crippen LogP contribution is 2.30. The number of nitrogens with one attached hydrogen (secondary N) is 1. The summed E-state index contributed by atoms with van der Waals surface area (Å²) in [7, 11) is 2.14. The monoisotopic (exact) mass is 270 g/mol. The predicted molar refractivity (Wildman–Crippen MR) is 76.7 cm³/mol. The number of hydrogen-bond acceptors (Lipinski definition) is 6. The summed E-state index contributed by atoms with van der Waals surface area (Å²) in [4.78, 5) is 19.6. The molecule has 0 bridgehead atoms. The molecule has 0 radical (unpaired) electrons. The zero-order valence-corrected chi connectivity index (χ0v) is 11.7. The molecule has 2 aromatic heterocycles. The number of hydrogen-bond donors (Lipinski definition) is 1. The molecule has 0 aliphatic carbocycles. The first-order valence-corrected chi connectivity index (χ1v) is 6.82. The highest BCUT2D eigenvalue weighted by molar-refractivity contribution is 5.48. The van der Waals surface area contributed by atoms with E-state index in [0.29, 0.717) is 12.0 Å². The lowest BCUT2D eigenvalue weighted by atomic mass is 10.1. The Hall–Kier alpha value is -2.08. The number of rotatable bonds is 3. The summed E-state index contributed by atoms with van der Waals surface area (Å²) < 4.78 is 0. The molecule has 20 heavy (non-hydrogen) atoms. The molecule has 0 saturated carbocycles.